The Hall–Kier alpha value is -5.67. The van der Waals surface area contributed by atoms with Crippen molar-refractivity contribution in [1.29, 1.82) is 0 Å². The van der Waals surface area contributed by atoms with Crippen molar-refractivity contribution >= 4 is 47.5 Å². The summed E-state index contributed by atoms with van der Waals surface area (Å²) < 4.78 is 11.5. The molecule has 5 rings (SSSR count). The highest BCUT2D eigenvalue weighted by atomic mass is 32.2. The first-order valence-corrected chi connectivity index (χ1v) is 17.4. The van der Waals surface area contributed by atoms with Gasteiger partial charge in [0.15, 0.2) is 6.10 Å². The highest BCUT2D eigenvalue weighted by molar-refractivity contribution is 8.00. The second kappa shape index (κ2) is 16.6. The Bertz CT molecular complexity index is 1800. The van der Waals surface area contributed by atoms with Crippen LogP contribution in [0.4, 0.5) is 4.79 Å². The normalized spacial score (nSPS) is 17.3. The average molecular weight is 730 g/mol. The molecular weight excluding hydrogens is 691 g/mol. The molecule has 2 heterocycles. The molecule has 3 aromatic rings. The third-order valence-corrected chi connectivity index (χ3v) is 9.67. The lowest BCUT2D eigenvalue weighted by Gasteiger charge is -2.49. The molecule has 14 nitrogen and oxygen atoms in total. The molecule has 2 aliphatic heterocycles. The minimum Gasteiger partial charge on any atom is -0.480 e. The van der Waals surface area contributed by atoms with Crippen LogP contribution in [0.15, 0.2) is 102 Å². The van der Waals surface area contributed by atoms with Gasteiger partial charge in [-0.1, -0.05) is 91.0 Å². The number of benzene rings is 3. The number of esters is 1. The predicted molar refractivity (Wildman–Crippen MR) is 190 cm³/mol. The van der Waals surface area contributed by atoms with Crippen LogP contribution >= 0.6 is 11.8 Å². The summed E-state index contributed by atoms with van der Waals surface area (Å²) in [5.74, 6) is -3.46. The molecule has 0 radical (unpaired) electrons. The summed E-state index contributed by atoms with van der Waals surface area (Å²) in [6.45, 7) is 3.62. The summed E-state index contributed by atoms with van der Waals surface area (Å²) in [5.41, 5.74) is 5.51. The van der Waals surface area contributed by atoms with E-state index in [1.807, 2.05) is 91.0 Å². The number of thioether (sulfide) groups is 1. The molecule has 0 unspecified atom stereocenters. The Morgan fingerprint density at radius 2 is 1.50 bits per heavy atom. The van der Waals surface area contributed by atoms with E-state index in [2.05, 4.69) is 21.5 Å². The number of carboxylic acids is 1. The van der Waals surface area contributed by atoms with Crippen LogP contribution in [0.2, 0.25) is 0 Å². The Morgan fingerprint density at radius 3 is 2.08 bits per heavy atom. The second-order valence-electron chi connectivity index (χ2n) is 12.7. The van der Waals surface area contributed by atoms with E-state index >= 15 is 0 Å². The molecule has 1 fully saturated rings. The summed E-state index contributed by atoms with van der Waals surface area (Å²) in [5, 5.41) is 13.8. The molecule has 5 N–H and O–H groups in total. The maximum absolute atomic E-state index is 14.1. The van der Waals surface area contributed by atoms with Gasteiger partial charge >= 0.3 is 18.0 Å². The number of hydrogen-bond donors (Lipinski definition) is 5. The van der Waals surface area contributed by atoms with Crippen LogP contribution < -0.4 is 21.5 Å². The second-order valence-corrected chi connectivity index (χ2v) is 13.8. The minimum atomic E-state index is -1.54. The van der Waals surface area contributed by atoms with Gasteiger partial charge in [-0.05, 0) is 37.5 Å². The van der Waals surface area contributed by atoms with E-state index in [0.717, 1.165) is 5.56 Å². The lowest BCUT2D eigenvalue weighted by atomic mass is 10.0. The summed E-state index contributed by atoms with van der Waals surface area (Å²) in [7, 11) is 0. The zero-order valence-corrected chi connectivity index (χ0v) is 29.5. The number of carbonyl (C=O) groups is 6. The number of carbonyl (C=O) groups excluding carboxylic acids is 5. The fraction of sp³-hybridized carbons (Fsp3) is 0.297. The lowest BCUT2D eigenvalue weighted by molar-refractivity contribution is -0.154. The van der Waals surface area contributed by atoms with E-state index in [9.17, 15) is 33.9 Å². The number of aliphatic carboxylic acids is 1. The number of hydrogen-bond acceptors (Lipinski definition) is 10. The first kappa shape index (κ1) is 37.6. The Balaban J connectivity index is 1.33. The number of ether oxygens (including phenoxy) is 2. The first-order chi connectivity index (χ1) is 24.9. The Morgan fingerprint density at radius 1 is 0.923 bits per heavy atom. The van der Waals surface area contributed by atoms with Gasteiger partial charge in [0.25, 0.3) is 5.91 Å². The molecule has 3 atom stereocenters. The number of fused-ring (bicyclic) bond motifs is 1. The van der Waals surface area contributed by atoms with Gasteiger partial charge in [0.2, 0.25) is 11.8 Å². The predicted octanol–water partition coefficient (Wildman–Crippen LogP) is 2.81. The molecule has 0 bridgehead atoms. The van der Waals surface area contributed by atoms with Crippen LogP contribution in [0.5, 0.6) is 0 Å². The van der Waals surface area contributed by atoms with Crippen LogP contribution in [0.25, 0.3) is 0 Å². The van der Waals surface area contributed by atoms with Gasteiger partial charge in [-0.3, -0.25) is 24.7 Å². The van der Waals surface area contributed by atoms with Crippen LogP contribution in [-0.4, -0.2) is 81.1 Å². The molecule has 0 spiro atoms. The van der Waals surface area contributed by atoms with E-state index in [1.165, 1.54) is 37.4 Å². The van der Waals surface area contributed by atoms with Crippen molar-refractivity contribution in [3.63, 3.8) is 0 Å². The summed E-state index contributed by atoms with van der Waals surface area (Å²) in [4.78, 5) is 78.4. The highest BCUT2D eigenvalue weighted by Crippen LogP contribution is 2.41. The maximum Gasteiger partial charge on any atom is 0.421 e. The average Bonchev–Trinajstić information content (AvgIpc) is 3.14. The SMILES string of the molecule is C[C@@H](NNC(=O)OCC1=C(C(=O)OC(c2ccccc2)c2ccccc2)N2C(=O)[C@@H](NC(=O)Cc3ccccc3)[C@H]2SC1)C(=O)NC(C)(C)C(=O)O. The fourth-order valence-corrected chi connectivity index (χ4v) is 6.75. The number of amides is 4. The van der Waals surface area contributed by atoms with Gasteiger partial charge in [0.1, 0.15) is 35.3 Å². The first-order valence-electron chi connectivity index (χ1n) is 16.4. The molecule has 0 saturated carbocycles. The fourth-order valence-electron chi connectivity index (χ4n) is 5.43. The van der Waals surface area contributed by atoms with E-state index in [0.29, 0.717) is 11.1 Å². The van der Waals surface area contributed by atoms with Crippen LogP contribution in [-0.2, 0) is 39.9 Å². The molecule has 52 heavy (non-hydrogen) atoms. The summed E-state index contributed by atoms with van der Waals surface area (Å²) >= 11 is 1.29. The van der Waals surface area contributed by atoms with Gasteiger partial charge in [-0.15, -0.1) is 11.8 Å². The molecular formula is C37H39N5O9S. The largest absolute Gasteiger partial charge is 0.480 e. The molecule has 0 aromatic heterocycles. The molecule has 1 saturated heterocycles. The number of rotatable bonds is 14. The van der Waals surface area contributed by atoms with Crippen molar-refractivity contribution in [2.75, 3.05) is 12.4 Å². The van der Waals surface area contributed by atoms with Gasteiger partial charge < -0.3 is 25.2 Å². The van der Waals surface area contributed by atoms with Gasteiger partial charge in [-0.25, -0.2) is 19.8 Å². The van der Waals surface area contributed by atoms with Crippen molar-refractivity contribution in [3.05, 3.63) is 119 Å². The number of carboxylic acid groups (broad SMARTS) is 1. The van der Waals surface area contributed by atoms with Crippen LogP contribution in [0.1, 0.15) is 43.6 Å². The molecule has 272 valence electrons. The topological polar surface area (TPSA) is 192 Å². The van der Waals surface area contributed by atoms with E-state index in [-0.39, 0.29) is 29.4 Å². The Kier molecular flexibility index (Phi) is 12.0. The minimum absolute atomic E-state index is 0.0718. The quantitative estimate of drug-likeness (QED) is 0.0932. The molecule has 3 aromatic carbocycles. The van der Waals surface area contributed by atoms with Crippen molar-refractivity contribution in [2.45, 2.75) is 56.3 Å². The zero-order chi connectivity index (χ0) is 37.4. The molecule has 15 heteroatoms. The van der Waals surface area contributed by atoms with E-state index in [1.54, 1.807) is 0 Å². The number of nitrogens with one attached hydrogen (secondary N) is 4. The molecule has 0 aliphatic carbocycles. The van der Waals surface area contributed by atoms with E-state index in [4.69, 9.17) is 9.47 Å². The van der Waals surface area contributed by atoms with Crippen LogP contribution in [0, 0.1) is 0 Å². The third-order valence-electron chi connectivity index (χ3n) is 8.33. The van der Waals surface area contributed by atoms with Crippen molar-refractivity contribution in [2.24, 2.45) is 0 Å². The Labute approximate surface area is 304 Å². The summed E-state index contributed by atoms with van der Waals surface area (Å²) in [6, 6.07) is 25.4. The number of nitrogens with zero attached hydrogens (tertiary/aromatic N) is 1. The smallest absolute Gasteiger partial charge is 0.421 e. The standard InChI is InChI=1S/C37H39N5O9S/c1-22(31(44)39-37(2,3)35(47)48)40-41-36(49)50-20-26-21-52-33-28(38-27(43)19-23-13-7-4-8-14-23)32(45)42(33)29(26)34(46)51-30(24-15-9-5-10-16-24)25-17-11-6-12-18-25/h4-18,22,28,30,33,40H,19-21H2,1-3H3,(H,38,43)(H,39,44)(H,41,49)(H,47,48)/t22-,28-,33-/m1/s1. The lowest BCUT2D eigenvalue weighted by Crippen LogP contribution is -2.70. The van der Waals surface area contributed by atoms with Crippen molar-refractivity contribution in [3.8, 4) is 0 Å². The van der Waals surface area contributed by atoms with Crippen LogP contribution in [0.3, 0.4) is 0 Å². The summed E-state index contributed by atoms with van der Waals surface area (Å²) in [6.07, 6.45) is -1.76. The monoisotopic (exact) mass is 729 g/mol. The third kappa shape index (κ3) is 8.97. The molecule has 4 amide bonds. The van der Waals surface area contributed by atoms with Gasteiger partial charge in [-0.2, -0.15) is 0 Å². The highest BCUT2D eigenvalue weighted by Gasteiger charge is 2.54. The zero-order valence-electron chi connectivity index (χ0n) is 28.7. The van der Waals surface area contributed by atoms with Crippen molar-refractivity contribution in [1.82, 2.24) is 26.4 Å². The maximum atomic E-state index is 14.1. The number of hydrazine groups is 1. The molecule has 2 aliphatic rings. The number of β-lactam (4-membered cyclic amide) rings is 1. The van der Waals surface area contributed by atoms with Crippen molar-refractivity contribution < 1.29 is 43.3 Å². The van der Waals surface area contributed by atoms with Gasteiger partial charge in [0, 0.05) is 11.3 Å². The van der Waals surface area contributed by atoms with Gasteiger partial charge in [0.05, 0.1) is 6.42 Å². The van der Waals surface area contributed by atoms with E-state index < -0.39 is 65.6 Å².